The van der Waals surface area contributed by atoms with Gasteiger partial charge in [-0.2, -0.15) is 0 Å². The Morgan fingerprint density at radius 1 is 1.45 bits per heavy atom. The largest absolute Gasteiger partial charge is 0.476 e. The van der Waals surface area contributed by atoms with Gasteiger partial charge < -0.3 is 16.2 Å². The number of aromatic carboxylic acids is 1. The fraction of sp³-hybridized carbons (Fsp3) is 0.615. The third-order valence-electron chi connectivity index (χ3n) is 3.73. The van der Waals surface area contributed by atoms with Gasteiger partial charge in [-0.1, -0.05) is 12.8 Å². The van der Waals surface area contributed by atoms with E-state index < -0.39 is 5.97 Å². The smallest absolute Gasteiger partial charge is 0.355 e. The van der Waals surface area contributed by atoms with E-state index in [1.165, 1.54) is 16.7 Å². The molecule has 1 amide bonds. The topological polar surface area (TPSA) is 105 Å². The molecule has 4 N–H and O–H groups in total. The van der Waals surface area contributed by atoms with Crippen LogP contribution in [-0.2, 0) is 11.3 Å². The van der Waals surface area contributed by atoms with E-state index in [0.29, 0.717) is 11.6 Å². The monoisotopic (exact) mass is 297 g/mol. The molecule has 0 spiro atoms. The number of aromatic nitrogens is 1. The van der Waals surface area contributed by atoms with E-state index in [1.807, 2.05) is 0 Å². The lowest BCUT2D eigenvalue weighted by Gasteiger charge is -2.29. The molecule has 0 radical (unpaired) electrons. The lowest BCUT2D eigenvalue weighted by Crippen LogP contribution is -2.39. The van der Waals surface area contributed by atoms with Crippen LogP contribution in [0.25, 0.3) is 0 Å². The maximum atomic E-state index is 12.2. The zero-order chi connectivity index (χ0) is 14.5. The molecule has 110 valence electrons. The number of nitrogens with one attached hydrogen (secondary N) is 1. The van der Waals surface area contributed by atoms with Gasteiger partial charge in [0.15, 0.2) is 5.69 Å². The van der Waals surface area contributed by atoms with Crippen LogP contribution in [0.5, 0.6) is 0 Å². The van der Waals surface area contributed by atoms with Crippen LogP contribution >= 0.6 is 11.3 Å². The number of carboxylic acid groups (broad SMARTS) is 1. The molecule has 0 bridgehead atoms. The Morgan fingerprint density at radius 2 is 2.20 bits per heavy atom. The van der Waals surface area contributed by atoms with Crippen molar-refractivity contribution in [3.8, 4) is 0 Å². The van der Waals surface area contributed by atoms with E-state index in [0.717, 1.165) is 25.7 Å². The Kier molecular flexibility index (Phi) is 5.08. The van der Waals surface area contributed by atoms with Crippen molar-refractivity contribution in [2.45, 2.75) is 32.2 Å². The Hall–Kier alpha value is -1.47. The van der Waals surface area contributed by atoms with Gasteiger partial charge in [-0.05, 0) is 25.3 Å². The van der Waals surface area contributed by atoms with Crippen LogP contribution in [0.4, 0.5) is 0 Å². The lowest BCUT2D eigenvalue weighted by atomic mass is 9.79. The van der Waals surface area contributed by atoms with E-state index in [1.54, 1.807) is 0 Å². The summed E-state index contributed by atoms with van der Waals surface area (Å²) in [6.45, 7) is 0.822. The summed E-state index contributed by atoms with van der Waals surface area (Å²) in [5.74, 6) is -0.802. The van der Waals surface area contributed by atoms with Crippen molar-refractivity contribution in [2.24, 2.45) is 17.6 Å². The number of amides is 1. The van der Waals surface area contributed by atoms with E-state index in [4.69, 9.17) is 10.8 Å². The van der Waals surface area contributed by atoms with Crippen molar-refractivity contribution in [2.75, 3.05) is 6.54 Å². The first-order valence-electron chi connectivity index (χ1n) is 6.77. The molecule has 1 saturated carbocycles. The SMILES string of the molecule is NCC1CCCCC1C(=O)NCc1nc(C(=O)O)cs1. The van der Waals surface area contributed by atoms with Crippen LogP contribution in [0.3, 0.4) is 0 Å². The van der Waals surface area contributed by atoms with Crippen molar-refractivity contribution in [1.29, 1.82) is 0 Å². The summed E-state index contributed by atoms with van der Waals surface area (Å²) in [5, 5.41) is 13.7. The van der Waals surface area contributed by atoms with Gasteiger partial charge in [0.1, 0.15) is 5.01 Å². The van der Waals surface area contributed by atoms with Crippen LogP contribution in [0.1, 0.15) is 41.2 Å². The molecule has 2 atom stereocenters. The molecule has 2 rings (SSSR count). The Bertz CT molecular complexity index is 489. The second-order valence-corrected chi connectivity index (χ2v) is 5.98. The molecule has 1 aliphatic carbocycles. The summed E-state index contributed by atoms with van der Waals surface area (Å²) >= 11 is 1.24. The Balaban J connectivity index is 1.88. The van der Waals surface area contributed by atoms with Crippen LogP contribution in [0, 0.1) is 11.8 Å². The minimum atomic E-state index is -1.05. The average molecular weight is 297 g/mol. The molecule has 0 saturated heterocycles. The van der Waals surface area contributed by atoms with E-state index in [2.05, 4.69) is 10.3 Å². The van der Waals surface area contributed by atoms with Gasteiger partial charge in [-0.3, -0.25) is 4.79 Å². The van der Waals surface area contributed by atoms with Crippen molar-refractivity contribution >= 4 is 23.2 Å². The quantitative estimate of drug-likeness (QED) is 0.758. The molecular formula is C13H19N3O3S. The Labute approximate surface area is 121 Å². The summed E-state index contributed by atoms with van der Waals surface area (Å²) in [4.78, 5) is 26.8. The second kappa shape index (κ2) is 6.81. The number of hydrogen-bond acceptors (Lipinski definition) is 5. The molecule has 7 heteroatoms. The van der Waals surface area contributed by atoms with Crippen molar-refractivity contribution in [1.82, 2.24) is 10.3 Å². The summed E-state index contributed by atoms with van der Waals surface area (Å²) in [6.07, 6.45) is 4.09. The predicted molar refractivity (Wildman–Crippen MR) is 75.4 cm³/mol. The molecule has 20 heavy (non-hydrogen) atoms. The fourth-order valence-electron chi connectivity index (χ4n) is 2.62. The highest BCUT2D eigenvalue weighted by atomic mass is 32.1. The third kappa shape index (κ3) is 3.55. The highest BCUT2D eigenvalue weighted by Crippen LogP contribution is 2.29. The molecule has 1 aliphatic rings. The first kappa shape index (κ1) is 14.9. The van der Waals surface area contributed by atoms with Crippen molar-refractivity contribution in [3.63, 3.8) is 0 Å². The van der Waals surface area contributed by atoms with Gasteiger partial charge in [0.05, 0.1) is 6.54 Å². The number of carbonyl (C=O) groups excluding carboxylic acids is 1. The standard InChI is InChI=1S/C13H19N3O3S/c14-5-8-3-1-2-4-9(8)12(17)15-6-11-16-10(7-20-11)13(18)19/h7-9H,1-6,14H2,(H,15,17)(H,18,19). The molecule has 2 unspecified atom stereocenters. The number of nitrogens with two attached hydrogens (primary N) is 1. The molecule has 1 aromatic heterocycles. The van der Waals surface area contributed by atoms with Gasteiger partial charge in [-0.15, -0.1) is 11.3 Å². The summed E-state index contributed by atoms with van der Waals surface area (Å²) in [7, 11) is 0. The molecule has 1 fully saturated rings. The molecule has 1 heterocycles. The minimum Gasteiger partial charge on any atom is -0.476 e. The zero-order valence-corrected chi connectivity index (χ0v) is 12.0. The van der Waals surface area contributed by atoms with E-state index >= 15 is 0 Å². The van der Waals surface area contributed by atoms with E-state index in [-0.39, 0.29) is 30.0 Å². The molecule has 0 aromatic carbocycles. The summed E-state index contributed by atoms with van der Waals surface area (Å²) in [6, 6.07) is 0. The molecule has 1 aromatic rings. The van der Waals surface area contributed by atoms with E-state index in [9.17, 15) is 9.59 Å². The Morgan fingerprint density at radius 3 is 2.85 bits per heavy atom. The highest BCUT2D eigenvalue weighted by molar-refractivity contribution is 7.09. The van der Waals surface area contributed by atoms with Crippen LogP contribution in [0.15, 0.2) is 5.38 Å². The van der Waals surface area contributed by atoms with Gasteiger partial charge in [-0.25, -0.2) is 9.78 Å². The van der Waals surface area contributed by atoms with Crippen molar-refractivity contribution in [3.05, 3.63) is 16.1 Å². The molecular weight excluding hydrogens is 278 g/mol. The van der Waals surface area contributed by atoms with Crippen LogP contribution in [-0.4, -0.2) is 28.5 Å². The summed E-state index contributed by atoms with van der Waals surface area (Å²) in [5.41, 5.74) is 5.74. The third-order valence-corrected chi connectivity index (χ3v) is 4.58. The number of thiazole rings is 1. The van der Waals surface area contributed by atoms with Crippen LogP contribution in [0.2, 0.25) is 0 Å². The highest BCUT2D eigenvalue weighted by Gasteiger charge is 2.29. The summed E-state index contributed by atoms with van der Waals surface area (Å²) < 4.78 is 0. The van der Waals surface area contributed by atoms with Gasteiger partial charge in [0, 0.05) is 11.3 Å². The maximum Gasteiger partial charge on any atom is 0.355 e. The van der Waals surface area contributed by atoms with Crippen LogP contribution < -0.4 is 11.1 Å². The zero-order valence-electron chi connectivity index (χ0n) is 11.2. The normalized spacial score (nSPS) is 22.4. The molecule has 0 aliphatic heterocycles. The van der Waals surface area contributed by atoms with Gasteiger partial charge >= 0.3 is 5.97 Å². The fourth-order valence-corrected chi connectivity index (χ4v) is 3.33. The van der Waals surface area contributed by atoms with Gasteiger partial charge in [0.25, 0.3) is 0 Å². The van der Waals surface area contributed by atoms with Crippen molar-refractivity contribution < 1.29 is 14.7 Å². The first-order chi connectivity index (χ1) is 9.61. The molecule has 6 nitrogen and oxygen atoms in total. The maximum absolute atomic E-state index is 12.2. The number of carbonyl (C=O) groups is 2. The number of rotatable bonds is 5. The number of nitrogens with zero attached hydrogens (tertiary/aromatic N) is 1. The first-order valence-corrected chi connectivity index (χ1v) is 7.65. The number of hydrogen-bond donors (Lipinski definition) is 3. The predicted octanol–water partition coefficient (Wildman–Crippen LogP) is 1.22. The van der Waals surface area contributed by atoms with Gasteiger partial charge in [0.2, 0.25) is 5.91 Å². The number of carboxylic acids is 1. The average Bonchev–Trinajstić information content (AvgIpc) is 2.94. The lowest BCUT2D eigenvalue weighted by molar-refractivity contribution is -0.127. The minimum absolute atomic E-state index is 0.00669. The second-order valence-electron chi connectivity index (χ2n) is 5.04.